The molecule has 4 heterocycles. The van der Waals surface area contributed by atoms with Crippen LogP contribution >= 0.6 is 0 Å². The van der Waals surface area contributed by atoms with E-state index in [1.165, 1.54) is 18.3 Å². The van der Waals surface area contributed by atoms with Gasteiger partial charge in [-0.25, -0.2) is 4.79 Å². The summed E-state index contributed by atoms with van der Waals surface area (Å²) in [6.07, 6.45) is 3.63. The maximum absolute atomic E-state index is 12.3. The smallest absolute Gasteiger partial charge is 0.338 e. The van der Waals surface area contributed by atoms with Gasteiger partial charge in [0.25, 0.3) is 5.91 Å². The van der Waals surface area contributed by atoms with Crippen molar-refractivity contribution in [1.82, 2.24) is 15.2 Å². The molecule has 6 heteroatoms. The van der Waals surface area contributed by atoms with Crippen LogP contribution in [0.3, 0.4) is 0 Å². The first-order chi connectivity index (χ1) is 9.65. The van der Waals surface area contributed by atoms with E-state index in [0.717, 1.165) is 32.5 Å². The highest BCUT2D eigenvalue weighted by Crippen LogP contribution is 2.27. The Morgan fingerprint density at radius 1 is 1.35 bits per heavy atom. The second-order valence-electron chi connectivity index (χ2n) is 5.42. The van der Waals surface area contributed by atoms with Crippen molar-refractivity contribution in [3.63, 3.8) is 0 Å². The minimum Gasteiger partial charge on any atom is -0.478 e. The summed E-state index contributed by atoms with van der Waals surface area (Å²) >= 11 is 0. The van der Waals surface area contributed by atoms with E-state index in [1.54, 1.807) is 0 Å². The summed E-state index contributed by atoms with van der Waals surface area (Å²) in [5.74, 6) is -1.01. The van der Waals surface area contributed by atoms with E-state index in [9.17, 15) is 9.59 Å². The molecule has 1 unspecified atom stereocenters. The van der Waals surface area contributed by atoms with Gasteiger partial charge in [-0.2, -0.15) is 0 Å². The van der Waals surface area contributed by atoms with Gasteiger partial charge in [0.2, 0.25) is 0 Å². The molecule has 4 rings (SSSR count). The number of carbonyl (C=O) groups excluding carboxylic acids is 1. The number of aromatic nitrogens is 1. The zero-order valence-corrected chi connectivity index (χ0v) is 11.1. The predicted octanol–water partition coefficient (Wildman–Crippen LogP) is 0.604. The lowest BCUT2D eigenvalue weighted by Gasteiger charge is -2.44. The Bertz CT molecular complexity index is 538. The molecule has 3 saturated heterocycles. The van der Waals surface area contributed by atoms with Gasteiger partial charge in [0, 0.05) is 18.8 Å². The topological polar surface area (TPSA) is 82.5 Å². The number of nitrogens with one attached hydrogen (secondary N) is 1. The van der Waals surface area contributed by atoms with Crippen LogP contribution in [0.15, 0.2) is 18.3 Å². The van der Waals surface area contributed by atoms with Crippen molar-refractivity contribution in [3.8, 4) is 0 Å². The van der Waals surface area contributed by atoms with Crippen molar-refractivity contribution in [1.29, 1.82) is 0 Å². The average molecular weight is 275 g/mol. The monoisotopic (exact) mass is 275 g/mol. The molecule has 2 N–H and O–H groups in total. The molecule has 0 spiro atoms. The summed E-state index contributed by atoms with van der Waals surface area (Å²) in [5, 5.41) is 12.1. The van der Waals surface area contributed by atoms with E-state index in [1.807, 2.05) is 0 Å². The molecule has 1 aromatic rings. The number of rotatable bonds is 3. The minimum absolute atomic E-state index is 0.00329. The largest absolute Gasteiger partial charge is 0.478 e. The van der Waals surface area contributed by atoms with Crippen molar-refractivity contribution >= 4 is 11.9 Å². The molecular weight excluding hydrogens is 258 g/mol. The van der Waals surface area contributed by atoms with Crippen LogP contribution < -0.4 is 5.32 Å². The van der Waals surface area contributed by atoms with Gasteiger partial charge in [-0.3, -0.25) is 9.78 Å². The number of piperidine rings is 3. The van der Waals surface area contributed by atoms with E-state index in [2.05, 4.69) is 15.2 Å². The Morgan fingerprint density at radius 2 is 2.10 bits per heavy atom. The molecule has 0 radical (unpaired) electrons. The Labute approximate surface area is 116 Å². The summed E-state index contributed by atoms with van der Waals surface area (Å²) in [6, 6.07) is 3.03. The quantitative estimate of drug-likeness (QED) is 0.844. The highest BCUT2D eigenvalue weighted by atomic mass is 16.4. The Hall–Kier alpha value is -1.95. The molecular formula is C14H17N3O3. The molecule has 3 aliphatic rings. The fourth-order valence-corrected chi connectivity index (χ4v) is 3.12. The molecule has 3 aliphatic heterocycles. The second kappa shape index (κ2) is 5.20. The van der Waals surface area contributed by atoms with Crippen LogP contribution in [0.5, 0.6) is 0 Å². The highest BCUT2D eigenvalue weighted by molar-refractivity contribution is 6.03. The third-order valence-electron chi connectivity index (χ3n) is 4.23. The minimum atomic E-state index is -1.13. The van der Waals surface area contributed by atoms with Gasteiger partial charge in [-0.05, 0) is 44.0 Å². The third-order valence-corrected chi connectivity index (χ3v) is 4.23. The molecule has 3 fully saturated rings. The van der Waals surface area contributed by atoms with Gasteiger partial charge in [-0.15, -0.1) is 0 Å². The van der Waals surface area contributed by atoms with Crippen LogP contribution in [-0.2, 0) is 0 Å². The summed E-state index contributed by atoms with van der Waals surface area (Å²) in [4.78, 5) is 29.6. The molecule has 0 aliphatic carbocycles. The van der Waals surface area contributed by atoms with Crippen LogP contribution in [0, 0.1) is 5.92 Å². The number of amides is 1. The molecule has 106 valence electrons. The van der Waals surface area contributed by atoms with Crippen LogP contribution in [0.4, 0.5) is 0 Å². The van der Waals surface area contributed by atoms with Gasteiger partial charge in [-0.1, -0.05) is 0 Å². The summed E-state index contributed by atoms with van der Waals surface area (Å²) in [7, 11) is 0. The zero-order valence-electron chi connectivity index (χ0n) is 11.1. The lowest BCUT2D eigenvalue weighted by molar-refractivity contribution is 0.0607. The summed E-state index contributed by atoms with van der Waals surface area (Å²) < 4.78 is 0. The third kappa shape index (κ3) is 2.38. The average Bonchev–Trinajstić information content (AvgIpc) is 2.48. The fraction of sp³-hybridized carbons (Fsp3) is 0.500. The van der Waals surface area contributed by atoms with Crippen LogP contribution in [0.1, 0.15) is 33.7 Å². The summed E-state index contributed by atoms with van der Waals surface area (Å²) in [6.45, 7) is 3.05. The van der Waals surface area contributed by atoms with Crippen LogP contribution in [-0.4, -0.2) is 52.5 Å². The number of fused-ring (bicyclic) bond motifs is 3. The molecule has 2 bridgehead atoms. The van der Waals surface area contributed by atoms with Gasteiger partial charge in [0.15, 0.2) is 0 Å². The van der Waals surface area contributed by atoms with Gasteiger partial charge < -0.3 is 15.3 Å². The fourth-order valence-electron chi connectivity index (χ4n) is 3.12. The maximum Gasteiger partial charge on any atom is 0.338 e. The number of aromatic carboxylic acids is 1. The van der Waals surface area contributed by atoms with E-state index in [4.69, 9.17) is 5.11 Å². The van der Waals surface area contributed by atoms with Gasteiger partial charge >= 0.3 is 5.97 Å². The number of hydrogen-bond acceptors (Lipinski definition) is 4. The van der Waals surface area contributed by atoms with Crippen LogP contribution in [0.2, 0.25) is 0 Å². The number of carbonyl (C=O) groups is 2. The number of carboxylic acid groups (broad SMARTS) is 1. The van der Waals surface area contributed by atoms with Gasteiger partial charge in [0.1, 0.15) is 5.69 Å². The number of pyridine rings is 1. The Morgan fingerprint density at radius 3 is 2.70 bits per heavy atom. The van der Waals surface area contributed by atoms with E-state index in [0.29, 0.717) is 5.92 Å². The maximum atomic E-state index is 12.3. The SMILES string of the molecule is O=C(O)c1cccnc1C(=O)NC1CN2CCC1CC2. The number of nitrogens with zero attached hydrogens (tertiary/aromatic N) is 2. The normalized spacial score (nSPS) is 28.1. The molecule has 20 heavy (non-hydrogen) atoms. The number of hydrogen-bond donors (Lipinski definition) is 2. The lowest BCUT2D eigenvalue weighted by Crippen LogP contribution is -2.57. The molecule has 1 aromatic heterocycles. The Kier molecular flexibility index (Phi) is 3.40. The highest BCUT2D eigenvalue weighted by Gasteiger charge is 2.35. The van der Waals surface area contributed by atoms with Crippen molar-refractivity contribution < 1.29 is 14.7 Å². The first-order valence-electron chi connectivity index (χ1n) is 6.86. The standard InChI is InChI=1S/C14H17N3O3/c18-13(12-10(14(19)20)2-1-5-15-12)16-11-8-17-6-3-9(11)4-7-17/h1-2,5,9,11H,3-4,6-8H2,(H,16,18)(H,19,20). The van der Waals surface area contributed by atoms with Crippen molar-refractivity contribution in [3.05, 3.63) is 29.6 Å². The first kappa shape index (κ1) is 13.1. The Balaban J connectivity index is 1.75. The summed E-state index contributed by atoms with van der Waals surface area (Å²) in [5.41, 5.74) is -0.0530. The molecule has 1 atom stereocenters. The molecule has 1 amide bonds. The van der Waals surface area contributed by atoms with E-state index < -0.39 is 5.97 Å². The predicted molar refractivity (Wildman–Crippen MR) is 71.6 cm³/mol. The van der Waals surface area contributed by atoms with E-state index in [-0.39, 0.29) is 23.2 Å². The zero-order chi connectivity index (χ0) is 14.1. The first-order valence-corrected chi connectivity index (χ1v) is 6.86. The molecule has 0 saturated carbocycles. The van der Waals surface area contributed by atoms with Crippen LogP contribution in [0.25, 0.3) is 0 Å². The second-order valence-corrected chi connectivity index (χ2v) is 5.42. The molecule has 0 aromatic carbocycles. The van der Waals surface area contributed by atoms with Crippen molar-refractivity contribution in [2.75, 3.05) is 19.6 Å². The van der Waals surface area contributed by atoms with Crippen molar-refractivity contribution in [2.24, 2.45) is 5.92 Å². The number of carboxylic acids is 1. The van der Waals surface area contributed by atoms with E-state index >= 15 is 0 Å². The lowest BCUT2D eigenvalue weighted by atomic mass is 9.84. The van der Waals surface area contributed by atoms with Crippen molar-refractivity contribution in [2.45, 2.75) is 18.9 Å². The molecule has 6 nitrogen and oxygen atoms in total. The van der Waals surface area contributed by atoms with Gasteiger partial charge in [0.05, 0.1) is 5.56 Å².